The Hall–Kier alpha value is -0.770. The second-order valence-corrected chi connectivity index (χ2v) is 5.79. The Morgan fingerprint density at radius 2 is 2.06 bits per heavy atom. The maximum Gasteiger partial charge on any atom is 0.141 e. The minimum Gasteiger partial charge on any atom is -0.327 e. The minimum absolute atomic E-state index is 0.521. The molecule has 0 N–H and O–H groups in total. The summed E-state index contributed by atoms with van der Waals surface area (Å²) in [6.07, 6.45) is 1.63. The molecular weight excluding hydrogens is 269 g/mol. The lowest BCUT2D eigenvalue weighted by atomic mass is 10.2. The largest absolute Gasteiger partial charge is 0.327 e. The molecule has 1 aliphatic heterocycles. The number of nitrogens with zero attached hydrogens (tertiary/aromatic N) is 3. The molecule has 3 nitrogen and oxygen atoms in total. The van der Waals surface area contributed by atoms with Crippen molar-refractivity contribution < 1.29 is 0 Å². The summed E-state index contributed by atoms with van der Waals surface area (Å²) in [4.78, 5) is 6.86. The Morgan fingerprint density at radius 1 is 1.28 bits per heavy atom. The van der Waals surface area contributed by atoms with E-state index in [-0.39, 0.29) is 0 Å². The summed E-state index contributed by atoms with van der Waals surface area (Å²) in [7, 11) is 0. The highest BCUT2D eigenvalue weighted by molar-refractivity contribution is 6.45. The normalized spacial score (nSPS) is 16.5. The van der Waals surface area contributed by atoms with Crippen molar-refractivity contribution in [2.24, 2.45) is 0 Å². The zero-order chi connectivity index (χ0) is 12.9. The zero-order valence-corrected chi connectivity index (χ0v) is 12.0. The number of hydrogen-bond acceptors (Lipinski definition) is 2. The zero-order valence-electron chi connectivity index (χ0n) is 10.5. The van der Waals surface area contributed by atoms with Crippen molar-refractivity contribution in [3.05, 3.63) is 28.0 Å². The van der Waals surface area contributed by atoms with Gasteiger partial charge in [0.05, 0.1) is 10.0 Å². The van der Waals surface area contributed by atoms with Gasteiger partial charge in [0.15, 0.2) is 0 Å². The van der Waals surface area contributed by atoms with Crippen LogP contribution >= 0.6 is 23.2 Å². The lowest BCUT2D eigenvalue weighted by Gasteiger charge is -2.31. The average molecular weight is 284 g/mol. The Morgan fingerprint density at radius 3 is 2.78 bits per heavy atom. The summed E-state index contributed by atoms with van der Waals surface area (Å²) in [6.45, 7) is 7.40. The van der Waals surface area contributed by atoms with Gasteiger partial charge in [-0.25, -0.2) is 4.98 Å². The first kappa shape index (κ1) is 12.3. The smallest absolute Gasteiger partial charge is 0.141 e. The van der Waals surface area contributed by atoms with E-state index in [9.17, 15) is 0 Å². The highest BCUT2D eigenvalue weighted by atomic mass is 35.5. The molecule has 0 atom stereocenters. The van der Waals surface area contributed by atoms with Crippen LogP contribution in [0.5, 0.6) is 0 Å². The van der Waals surface area contributed by atoms with Crippen molar-refractivity contribution in [3.8, 4) is 0 Å². The number of fused-ring (bicyclic) bond motifs is 3. The SMILES string of the molecule is CC(C)N1CCn2c(cc3c(Cl)c(Cl)cnc32)C1. The molecule has 0 spiro atoms. The maximum absolute atomic E-state index is 6.25. The van der Waals surface area contributed by atoms with Crippen LogP contribution in [-0.4, -0.2) is 27.0 Å². The second-order valence-electron chi connectivity index (χ2n) is 5.01. The third-order valence-electron chi connectivity index (χ3n) is 3.61. The van der Waals surface area contributed by atoms with Gasteiger partial charge in [-0.05, 0) is 19.9 Å². The molecular formula is C13H15Cl2N3. The lowest BCUT2D eigenvalue weighted by molar-refractivity contribution is 0.178. The summed E-state index contributed by atoms with van der Waals surface area (Å²) >= 11 is 12.3. The Labute approximate surface area is 116 Å². The van der Waals surface area contributed by atoms with Crippen molar-refractivity contribution in [1.82, 2.24) is 14.5 Å². The van der Waals surface area contributed by atoms with Gasteiger partial charge < -0.3 is 4.57 Å². The van der Waals surface area contributed by atoms with Crippen LogP contribution in [0.15, 0.2) is 12.3 Å². The molecule has 0 unspecified atom stereocenters. The third-order valence-corrected chi connectivity index (χ3v) is 4.40. The summed E-state index contributed by atoms with van der Waals surface area (Å²) in [5.74, 6) is 0. The number of halogens is 2. The van der Waals surface area contributed by atoms with Crippen molar-refractivity contribution in [1.29, 1.82) is 0 Å². The summed E-state index contributed by atoms with van der Waals surface area (Å²) in [5, 5.41) is 2.09. The van der Waals surface area contributed by atoms with E-state index in [4.69, 9.17) is 23.2 Å². The molecule has 0 aromatic carbocycles. The van der Waals surface area contributed by atoms with Gasteiger partial charge in [0.1, 0.15) is 5.65 Å². The highest BCUT2D eigenvalue weighted by Gasteiger charge is 2.22. The van der Waals surface area contributed by atoms with Gasteiger partial charge >= 0.3 is 0 Å². The van der Waals surface area contributed by atoms with E-state index >= 15 is 0 Å². The van der Waals surface area contributed by atoms with E-state index < -0.39 is 0 Å². The number of hydrogen-bond donors (Lipinski definition) is 0. The van der Waals surface area contributed by atoms with Gasteiger partial charge in [-0.1, -0.05) is 23.2 Å². The van der Waals surface area contributed by atoms with Crippen LogP contribution in [0.2, 0.25) is 10.0 Å². The second kappa shape index (κ2) is 4.41. The van der Waals surface area contributed by atoms with Crippen LogP contribution in [0.25, 0.3) is 11.0 Å². The van der Waals surface area contributed by atoms with E-state index in [0.717, 1.165) is 30.7 Å². The van der Waals surface area contributed by atoms with Gasteiger partial charge in [-0.15, -0.1) is 0 Å². The minimum atomic E-state index is 0.521. The first-order chi connectivity index (χ1) is 8.58. The molecule has 1 aliphatic rings. The quantitative estimate of drug-likeness (QED) is 0.798. The van der Waals surface area contributed by atoms with Crippen LogP contribution in [0.1, 0.15) is 19.5 Å². The number of pyridine rings is 1. The summed E-state index contributed by atoms with van der Waals surface area (Å²) in [6, 6.07) is 2.68. The number of rotatable bonds is 1. The predicted octanol–water partition coefficient (Wildman–Crippen LogP) is 3.57. The molecule has 0 amide bonds. The molecule has 96 valence electrons. The predicted molar refractivity (Wildman–Crippen MR) is 75.3 cm³/mol. The third kappa shape index (κ3) is 1.81. The van der Waals surface area contributed by atoms with Crippen molar-refractivity contribution in [2.75, 3.05) is 6.54 Å². The van der Waals surface area contributed by atoms with Crippen molar-refractivity contribution >= 4 is 34.2 Å². The van der Waals surface area contributed by atoms with Crippen LogP contribution in [0, 0.1) is 0 Å². The number of aromatic nitrogens is 2. The molecule has 0 saturated heterocycles. The molecule has 0 saturated carbocycles. The standard InChI is InChI=1S/C13H15Cl2N3/c1-8(2)17-3-4-18-9(7-17)5-10-12(15)11(14)6-16-13(10)18/h5-6,8H,3-4,7H2,1-2H3. The molecule has 5 heteroatoms. The molecule has 2 aromatic rings. The molecule has 0 radical (unpaired) electrons. The van der Waals surface area contributed by atoms with Gasteiger partial charge in [0.2, 0.25) is 0 Å². The molecule has 2 aromatic heterocycles. The molecule has 0 aliphatic carbocycles. The van der Waals surface area contributed by atoms with Crippen LogP contribution in [0.4, 0.5) is 0 Å². The average Bonchev–Trinajstić information content (AvgIpc) is 2.72. The van der Waals surface area contributed by atoms with Crippen LogP contribution in [0.3, 0.4) is 0 Å². The van der Waals surface area contributed by atoms with E-state index in [1.807, 2.05) is 0 Å². The molecule has 3 heterocycles. The molecule has 3 rings (SSSR count). The summed E-state index contributed by atoms with van der Waals surface area (Å²) in [5.41, 5.74) is 2.21. The van der Waals surface area contributed by atoms with E-state index in [2.05, 4.69) is 34.4 Å². The van der Waals surface area contributed by atoms with E-state index in [0.29, 0.717) is 16.1 Å². The lowest BCUT2D eigenvalue weighted by Crippen LogP contribution is -2.38. The maximum atomic E-state index is 6.25. The fraction of sp³-hybridized carbons (Fsp3) is 0.462. The Kier molecular flexibility index (Phi) is 3.00. The van der Waals surface area contributed by atoms with Crippen molar-refractivity contribution in [2.45, 2.75) is 33.0 Å². The van der Waals surface area contributed by atoms with Gasteiger partial charge in [0.25, 0.3) is 0 Å². The van der Waals surface area contributed by atoms with E-state index in [1.54, 1.807) is 6.20 Å². The van der Waals surface area contributed by atoms with Gasteiger partial charge in [-0.3, -0.25) is 4.90 Å². The van der Waals surface area contributed by atoms with Crippen molar-refractivity contribution in [3.63, 3.8) is 0 Å². The molecule has 0 fully saturated rings. The highest BCUT2D eigenvalue weighted by Crippen LogP contribution is 2.32. The first-order valence-electron chi connectivity index (χ1n) is 6.14. The topological polar surface area (TPSA) is 21.1 Å². The Bertz CT molecular complexity index is 604. The van der Waals surface area contributed by atoms with Crippen LogP contribution < -0.4 is 0 Å². The van der Waals surface area contributed by atoms with E-state index in [1.165, 1.54) is 5.69 Å². The van der Waals surface area contributed by atoms with Gasteiger partial charge in [-0.2, -0.15) is 0 Å². The fourth-order valence-electron chi connectivity index (χ4n) is 2.53. The van der Waals surface area contributed by atoms with Gasteiger partial charge in [0, 0.05) is 43.0 Å². The molecule has 0 bridgehead atoms. The first-order valence-corrected chi connectivity index (χ1v) is 6.89. The Balaban J connectivity index is 2.12. The fourth-order valence-corrected chi connectivity index (χ4v) is 2.87. The summed E-state index contributed by atoms with van der Waals surface area (Å²) < 4.78 is 2.25. The van der Waals surface area contributed by atoms with Crippen LogP contribution in [-0.2, 0) is 13.1 Å². The monoisotopic (exact) mass is 283 g/mol. The molecule has 18 heavy (non-hydrogen) atoms.